The van der Waals surface area contributed by atoms with E-state index in [1.165, 1.54) is 4.68 Å². The number of unbranched alkanes of at least 4 members (excludes halogenated alkanes) is 1. The third-order valence-electron chi connectivity index (χ3n) is 3.77. The Kier molecular flexibility index (Phi) is 3.42. The Morgan fingerprint density at radius 3 is 2.95 bits per heavy atom. The van der Waals surface area contributed by atoms with E-state index in [4.69, 9.17) is 0 Å². The molecule has 1 aromatic carbocycles. The maximum atomic E-state index is 13.2. The molecule has 3 rings (SSSR count). The number of benzene rings is 1. The maximum Gasteiger partial charge on any atom is 0.280 e. The molecule has 0 bridgehead atoms. The molecule has 106 valence electrons. The van der Waals surface area contributed by atoms with E-state index in [1.54, 1.807) is 12.1 Å². The Labute approximate surface area is 116 Å². The molecule has 0 N–H and O–H groups in total. The van der Waals surface area contributed by atoms with Gasteiger partial charge in [-0.3, -0.25) is 4.79 Å². The summed E-state index contributed by atoms with van der Waals surface area (Å²) in [5.41, 5.74) is 0.399. The third kappa shape index (κ3) is 2.17. The first-order valence-corrected chi connectivity index (χ1v) is 7.09. The fourth-order valence-corrected chi connectivity index (χ4v) is 2.61. The molecular weight excluding hydrogens is 257 g/mol. The summed E-state index contributed by atoms with van der Waals surface area (Å²) in [5, 5.41) is 2.47. The summed E-state index contributed by atoms with van der Waals surface area (Å²) in [6.07, 6.45) is 3.30. The molecular formula is C15H18FN3O. The largest absolute Gasteiger partial charge is 0.301 e. The molecule has 2 heterocycles. The van der Waals surface area contributed by atoms with Crippen LogP contribution in [0.3, 0.4) is 0 Å². The molecule has 0 aliphatic carbocycles. The van der Waals surface area contributed by atoms with Gasteiger partial charge in [0.15, 0.2) is 5.82 Å². The van der Waals surface area contributed by atoms with Gasteiger partial charge >= 0.3 is 0 Å². The van der Waals surface area contributed by atoms with Crippen LogP contribution in [-0.4, -0.2) is 22.2 Å². The second-order valence-corrected chi connectivity index (χ2v) is 5.21. The Morgan fingerprint density at radius 1 is 1.40 bits per heavy atom. The first-order valence-electron chi connectivity index (χ1n) is 7.09. The lowest BCUT2D eigenvalue weighted by atomic mass is 10.2. The molecule has 1 aliphatic rings. The summed E-state index contributed by atoms with van der Waals surface area (Å²) in [7, 11) is 0. The SMILES string of the molecule is CCCCC1CN1n1c(CF)nc2ccccc2c1=O. The van der Waals surface area contributed by atoms with Crippen LogP contribution >= 0.6 is 0 Å². The lowest BCUT2D eigenvalue weighted by molar-refractivity contribution is 0.444. The number of hydrogen-bond donors (Lipinski definition) is 0. The van der Waals surface area contributed by atoms with Crippen molar-refractivity contribution in [3.8, 4) is 0 Å². The molecule has 4 nitrogen and oxygen atoms in total. The van der Waals surface area contributed by atoms with Crippen LogP contribution in [0.4, 0.5) is 4.39 Å². The molecule has 5 heteroatoms. The van der Waals surface area contributed by atoms with Crippen LogP contribution in [0.2, 0.25) is 0 Å². The normalized spacial score (nSPS) is 17.7. The minimum Gasteiger partial charge on any atom is -0.301 e. The van der Waals surface area contributed by atoms with Crippen molar-refractivity contribution >= 4 is 10.9 Å². The molecule has 0 spiro atoms. The molecule has 1 aromatic heterocycles. The second kappa shape index (κ2) is 5.23. The number of para-hydroxylation sites is 1. The van der Waals surface area contributed by atoms with Crippen molar-refractivity contribution in [1.82, 2.24) is 9.66 Å². The summed E-state index contributed by atoms with van der Waals surface area (Å²) < 4.78 is 14.6. The Bertz CT molecular complexity index is 682. The summed E-state index contributed by atoms with van der Waals surface area (Å²) in [6, 6.07) is 7.45. The number of rotatable bonds is 5. The monoisotopic (exact) mass is 275 g/mol. The van der Waals surface area contributed by atoms with Crippen molar-refractivity contribution in [2.45, 2.75) is 38.9 Å². The minimum absolute atomic E-state index is 0.165. The van der Waals surface area contributed by atoms with Crippen molar-refractivity contribution in [3.05, 3.63) is 40.4 Å². The lowest BCUT2D eigenvalue weighted by Crippen LogP contribution is -2.33. The van der Waals surface area contributed by atoms with Crippen molar-refractivity contribution < 1.29 is 4.39 Å². The summed E-state index contributed by atoms with van der Waals surface area (Å²) in [4.78, 5) is 16.8. The van der Waals surface area contributed by atoms with Gasteiger partial charge in [0.1, 0.15) is 6.67 Å². The van der Waals surface area contributed by atoms with E-state index >= 15 is 0 Å². The highest BCUT2D eigenvalue weighted by Gasteiger charge is 2.36. The van der Waals surface area contributed by atoms with E-state index in [2.05, 4.69) is 11.9 Å². The average molecular weight is 275 g/mol. The highest BCUT2D eigenvalue weighted by molar-refractivity contribution is 5.77. The van der Waals surface area contributed by atoms with Gasteiger partial charge in [0.2, 0.25) is 0 Å². The van der Waals surface area contributed by atoms with Gasteiger partial charge in [-0.2, -0.15) is 0 Å². The minimum atomic E-state index is -0.725. The van der Waals surface area contributed by atoms with Gasteiger partial charge in [-0.05, 0) is 18.6 Å². The van der Waals surface area contributed by atoms with Gasteiger partial charge in [-0.1, -0.05) is 31.9 Å². The van der Waals surface area contributed by atoms with Crippen LogP contribution in [-0.2, 0) is 6.67 Å². The Balaban J connectivity index is 2.02. The standard InChI is InChI=1S/C15H18FN3O/c1-2-3-6-11-10-18(11)19-14(9-16)17-13-8-5-4-7-12(13)15(19)20/h4-5,7-8,11H,2-3,6,9-10H2,1H3. The van der Waals surface area contributed by atoms with E-state index < -0.39 is 6.67 Å². The average Bonchev–Trinajstić information content (AvgIpc) is 3.24. The van der Waals surface area contributed by atoms with Crippen LogP contribution in [0.15, 0.2) is 29.1 Å². The second-order valence-electron chi connectivity index (χ2n) is 5.21. The fraction of sp³-hybridized carbons (Fsp3) is 0.467. The van der Waals surface area contributed by atoms with Gasteiger partial charge in [-0.25, -0.2) is 14.1 Å². The summed E-state index contributed by atoms with van der Waals surface area (Å²) in [5.74, 6) is 0.202. The summed E-state index contributed by atoms with van der Waals surface area (Å²) >= 11 is 0. The fourth-order valence-electron chi connectivity index (χ4n) is 2.61. The van der Waals surface area contributed by atoms with E-state index in [1.807, 2.05) is 17.1 Å². The third-order valence-corrected chi connectivity index (χ3v) is 3.77. The molecule has 2 aromatic rings. The zero-order chi connectivity index (χ0) is 14.1. The van der Waals surface area contributed by atoms with Crippen LogP contribution in [0.5, 0.6) is 0 Å². The van der Waals surface area contributed by atoms with Crippen LogP contribution in [0.25, 0.3) is 10.9 Å². The van der Waals surface area contributed by atoms with E-state index in [-0.39, 0.29) is 11.4 Å². The molecule has 1 unspecified atom stereocenters. The van der Waals surface area contributed by atoms with Crippen molar-refractivity contribution in [2.75, 3.05) is 11.6 Å². The predicted molar refractivity (Wildman–Crippen MR) is 77.2 cm³/mol. The number of fused-ring (bicyclic) bond motifs is 1. The highest BCUT2D eigenvalue weighted by Crippen LogP contribution is 2.22. The maximum absolute atomic E-state index is 13.2. The quantitative estimate of drug-likeness (QED) is 0.786. The van der Waals surface area contributed by atoms with Crippen LogP contribution < -0.4 is 10.6 Å². The topological polar surface area (TPSA) is 37.9 Å². The zero-order valence-electron chi connectivity index (χ0n) is 11.6. The van der Waals surface area contributed by atoms with Gasteiger partial charge in [0.05, 0.1) is 23.5 Å². The predicted octanol–water partition coefficient (Wildman–Crippen LogP) is 2.38. The molecule has 20 heavy (non-hydrogen) atoms. The summed E-state index contributed by atoms with van der Waals surface area (Å²) in [6.45, 7) is 2.23. The number of alkyl halides is 1. The van der Waals surface area contributed by atoms with E-state index in [0.29, 0.717) is 16.9 Å². The van der Waals surface area contributed by atoms with E-state index in [9.17, 15) is 9.18 Å². The highest BCUT2D eigenvalue weighted by atomic mass is 19.1. The number of aromatic nitrogens is 2. The van der Waals surface area contributed by atoms with Gasteiger partial charge in [0.25, 0.3) is 5.56 Å². The van der Waals surface area contributed by atoms with Crippen molar-refractivity contribution in [2.24, 2.45) is 0 Å². The first-order chi connectivity index (χ1) is 9.76. The number of hydrogen-bond acceptors (Lipinski definition) is 3. The van der Waals surface area contributed by atoms with Crippen LogP contribution in [0.1, 0.15) is 32.0 Å². The molecule has 1 aliphatic heterocycles. The van der Waals surface area contributed by atoms with Crippen LogP contribution in [0, 0.1) is 0 Å². The molecule has 1 fully saturated rings. The van der Waals surface area contributed by atoms with Crippen molar-refractivity contribution in [3.63, 3.8) is 0 Å². The molecule has 0 amide bonds. The van der Waals surface area contributed by atoms with E-state index in [0.717, 1.165) is 25.8 Å². The van der Waals surface area contributed by atoms with Gasteiger partial charge < -0.3 is 5.01 Å². The Hall–Kier alpha value is -1.91. The molecule has 0 radical (unpaired) electrons. The smallest absolute Gasteiger partial charge is 0.280 e. The first kappa shape index (κ1) is 13.1. The molecule has 1 atom stereocenters. The molecule has 0 saturated carbocycles. The van der Waals surface area contributed by atoms with Crippen molar-refractivity contribution in [1.29, 1.82) is 0 Å². The Morgan fingerprint density at radius 2 is 2.20 bits per heavy atom. The number of nitrogens with zero attached hydrogens (tertiary/aromatic N) is 3. The lowest BCUT2D eigenvalue weighted by Gasteiger charge is -2.14. The van der Waals surface area contributed by atoms with Gasteiger partial charge in [0, 0.05) is 0 Å². The molecule has 1 saturated heterocycles. The zero-order valence-corrected chi connectivity index (χ0v) is 11.6. The van der Waals surface area contributed by atoms with Gasteiger partial charge in [-0.15, -0.1) is 0 Å². The number of halogens is 1.